The molecule has 1 aliphatic heterocycles. The van der Waals surface area contributed by atoms with E-state index >= 15 is 0 Å². The average Bonchev–Trinajstić information content (AvgIpc) is 3.16. The number of likely N-dealkylation sites (tertiary alicyclic amines) is 1. The standard InChI is InChI=1S/C22H34N2O5/c1-21(2,3)29-20(27)23-16(14-11-22(12-14)8-5-9-22)18(25)24-15-7-6-13(10-15)17(24)19(26)28-4/h13-17H,5-12H2,1-4H3,(H,23,27)/t13-,15+,16?,17-/m0/s1. The molecule has 29 heavy (non-hydrogen) atoms. The molecule has 2 amide bonds. The Balaban J connectivity index is 1.52. The van der Waals surface area contributed by atoms with Gasteiger partial charge in [0.15, 0.2) is 0 Å². The summed E-state index contributed by atoms with van der Waals surface area (Å²) >= 11 is 0. The zero-order chi connectivity index (χ0) is 21.0. The summed E-state index contributed by atoms with van der Waals surface area (Å²) in [6.45, 7) is 5.43. The second-order valence-corrected chi connectivity index (χ2v) is 10.6. The molecule has 1 saturated heterocycles. The number of esters is 1. The molecule has 7 heteroatoms. The molecule has 1 N–H and O–H groups in total. The van der Waals surface area contributed by atoms with Gasteiger partial charge in [-0.3, -0.25) is 4.79 Å². The summed E-state index contributed by atoms with van der Waals surface area (Å²) in [5, 5.41) is 2.87. The Morgan fingerprint density at radius 3 is 2.38 bits per heavy atom. The van der Waals surface area contributed by atoms with E-state index in [1.54, 1.807) is 4.90 Å². The molecule has 3 saturated carbocycles. The summed E-state index contributed by atoms with van der Waals surface area (Å²) in [4.78, 5) is 40.3. The summed E-state index contributed by atoms with van der Waals surface area (Å²) in [6, 6.07) is -1.09. The van der Waals surface area contributed by atoms with Crippen LogP contribution in [0.25, 0.3) is 0 Å². The Bertz CT molecular complexity index is 688. The van der Waals surface area contributed by atoms with Crippen molar-refractivity contribution in [1.29, 1.82) is 0 Å². The lowest BCUT2D eigenvalue weighted by Crippen LogP contribution is -2.62. The lowest BCUT2D eigenvalue weighted by Gasteiger charge is -2.56. The normalized spacial score (nSPS) is 31.0. The van der Waals surface area contributed by atoms with Crippen LogP contribution in [0.3, 0.4) is 0 Å². The van der Waals surface area contributed by atoms with E-state index in [0.29, 0.717) is 5.41 Å². The van der Waals surface area contributed by atoms with Crippen molar-refractivity contribution in [3.63, 3.8) is 0 Å². The minimum absolute atomic E-state index is 0.0669. The van der Waals surface area contributed by atoms with Gasteiger partial charge in [-0.2, -0.15) is 0 Å². The van der Waals surface area contributed by atoms with E-state index in [1.807, 2.05) is 20.8 Å². The molecule has 4 fully saturated rings. The van der Waals surface area contributed by atoms with E-state index in [2.05, 4.69) is 5.32 Å². The Morgan fingerprint density at radius 1 is 1.14 bits per heavy atom. The zero-order valence-electron chi connectivity index (χ0n) is 18.0. The summed E-state index contributed by atoms with van der Waals surface area (Å²) in [5.41, 5.74) is -0.252. The van der Waals surface area contributed by atoms with E-state index in [-0.39, 0.29) is 29.8 Å². The molecule has 7 nitrogen and oxygen atoms in total. The molecule has 4 aliphatic rings. The van der Waals surface area contributed by atoms with Crippen LogP contribution in [0.5, 0.6) is 0 Å². The number of carbonyl (C=O) groups excluding carboxylic acids is 3. The Morgan fingerprint density at radius 2 is 1.83 bits per heavy atom. The smallest absolute Gasteiger partial charge is 0.408 e. The second-order valence-electron chi connectivity index (χ2n) is 10.6. The van der Waals surface area contributed by atoms with Crippen LogP contribution in [-0.2, 0) is 19.1 Å². The van der Waals surface area contributed by atoms with E-state index in [9.17, 15) is 14.4 Å². The van der Waals surface area contributed by atoms with Gasteiger partial charge in [-0.25, -0.2) is 9.59 Å². The van der Waals surface area contributed by atoms with E-state index in [0.717, 1.165) is 32.1 Å². The molecule has 1 heterocycles. The first kappa shape index (κ1) is 20.5. The third-order valence-electron chi connectivity index (χ3n) is 7.50. The van der Waals surface area contributed by atoms with Gasteiger partial charge in [-0.05, 0) is 83.0 Å². The lowest BCUT2D eigenvalue weighted by molar-refractivity contribution is -0.158. The topological polar surface area (TPSA) is 84.9 Å². The fourth-order valence-corrected chi connectivity index (χ4v) is 6.08. The monoisotopic (exact) mass is 406 g/mol. The first-order valence-electron chi connectivity index (χ1n) is 11.0. The maximum atomic E-state index is 13.7. The van der Waals surface area contributed by atoms with Crippen LogP contribution in [-0.4, -0.2) is 53.7 Å². The number of carbonyl (C=O) groups is 3. The molecular weight excluding hydrogens is 372 g/mol. The number of alkyl carbamates (subject to hydrolysis) is 1. The van der Waals surface area contributed by atoms with Crippen LogP contribution >= 0.6 is 0 Å². The summed E-state index contributed by atoms with van der Waals surface area (Å²) in [7, 11) is 1.37. The third-order valence-corrected chi connectivity index (χ3v) is 7.50. The largest absolute Gasteiger partial charge is 0.467 e. The van der Waals surface area contributed by atoms with Crippen LogP contribution in [0.4, 0.5) is 4.79 Å². The van der Waals surface area contributed by atoms with Crippen molar-refractivity contribution >= 4 is 18.0 Å². The number of rotatable bonds is 4. The Kier molecular flexibility index (Phi) is 5.06. The summed E-state index contributed by atoms with van der Waals surface area (Å²) in [6.07, 6.45) is 7.76. The molecule has 162 valence electrons. The van der Waals surface area contributed by atoms with Crippen molar-refractivity contribution in [2.75, 3.05) is 7.11 Å². The Hall–Kier alpha value is -1.79. The summed E-state index contributed by atoms with van der Waals surface area (Å²) in [5.74, 6) is -0.214. The van der Waals surface area contributed by atoms with Crippen molar-refractivity contribution in [2.45, 2.75) is 95.9 Å². The minimum Gasteiger partial charge on any atom is -0.467 e. The molecule has 0 aromatic rings. The van der Waals surface area contributed by atoms with Crippen molar-refractivity contribution in [3.8, 4) is 0 Å². The number of piperidine rings is 1. The maximum absolute atomic E-state index is 13.7. The van der Waals surface area contributed by atoms with Crippen LogP contribution in [0.2, 0.25) is 0 Å². The molecule has 3 aliphatic carbocycles. The first-order valence-corrected chi connectivity index (χ1v) is 11.0. The number of amides is 2. The summed E-state index contributed by atoms with van der Waals surface area (Å²) < 4.78 is 10.4. The van der Waals surface area contributed by atoms with Crippen molar-refractivity contribution in [2.24, 2.45) is 17.3 Å². The number of nitrogens with zero attached hydrogens (tertiary/aromatic N) is 1. The van der Waals surface area contributed by atoms with Crippen molar-refractivity contribution in [1.82, 2.24) is 10.2 Å². The van der Waals surface area contributed by atoms with Gasteiger partial charge < -0.3 is 19.7 Å². The molecule has 0 aromatic carbocycles. The first-order chi connectivity index (χ1) is 13.6. The average molecular weight is 407 g/mol. The van der Waals surface area contributed by atoms with Crippen molar-refractivity contribution < 1.29 is 23.9 Å². The van der Waals surface area contributed by atoms with Crippen LogP contribution in [0, 0.1) is 17.3 Å². The Labute approximate surface area is 172 Å². The fourth-order valence-electron chi connectivity index (χ4n) is 6.08. The van der Waals surface area contributed by atoms with Gasteiger partial charge in [0.25, 0.3) is 0 Å². The second kappa shape index (κ2) is 7.17. The van der Waals surface area contributed by atoms with Crippen LogP contribution in [0.15, 0.2) is 0 Å². The molecule has 4 atom stereocenters. The van der Waals surface area contributed by atoms with Gasteiger partial charge in [0.2, 0.25) is 5.91 Å². The van der Waals surface area contributed by atoms with Crippen molar-refractivity contribution in [3.05, 3.63) is 0 Å². The molecule has 1 spiro atoms. The number of nitrogens with one attached hydrogen (secondary N) is 1. The minimum atomic E-state index is -0.636. The quantitative estimate of drug-likeness (QED) is 0.726. The van der Waals surface area contributed by atoms with Gasteiger partial charge >= 0.3 is 12.1 Å². The van der Waals surface area contributed by atoms with Crippen LogP contribution < -0.4 is 5.32 Å². The maximum Gasteiger partial charge on any atom is 0.408 e. The molecule has 0 aromatic heterocycles. The molecular formula is C22H34N2O5. The fraction of sp³-hybridized carbons (Fsp3) is 0.864. The highest BCUT2D eigenvalue weighted by Gasteiger charge is 2.57. The highest BCUT2D eigenvalue weighted by Crippen LogP contribution is 2.59. The highest BCUT2D eigenvalue weighted by atomic mass is 16.6. The number of fused-ring (bicyclic) bond motifs is 2. The molecule has 0 radical (unpaired) electrons. The predicted molar refractivity (Wildman–Crippen MR) is 106 cm³/mol. The SMILES string of the molecule is COC(=O)[C@@H]1[C@H]2CC[C@H](C2)N1C(=O)C(NC(=O)OC(C)(C)C)C1CC2(CCC2)C1. The highest BCUT2D eigenvalue weighted by molar-refractivity contribution is 5.91. The number of ether oxygens (including phenoxy) is 2. The van der Waals surface area contributed by atoms with Gasteiger partial charge in [0.05, 0.1) is 7.11 Å². The molecule has 4 rings (SSSR count). The number of methoxy groups -OCH3 is 1. The van der Waals surface area contributed by atoms with Crippen LogP contribution in [0.1, 0.15) is 72.1 Å². The zero-order valence-corrected chi connectivity index (χ0v) is 18.0. The molecule has 1 unspecified atom stereocenters. The van der Waals surface area contributed by atoms with Gasteiger partial charge in [-0.15, -0.1) is 0 Å². The van der Waals surface area contributed by atoms with Gasteiger partial charge in [0, 0.05) is 6.04 Å². The van der Waals surface area contributed by atoms with Gasteiger partial charge in [0.1, 0.15) is 17.7 Å². The van der Waals surface area contributed by atoms with E-state index < -0.39 is 23.8 Å². The number of hydrogen-bond donors (Lipinski definition) is 1. The predicted octanol–water partition coefficient (Wildman–Crippen LogP) is 3.01. The molecule has 2 bridgehead atoms. The number of hydrogen-bond acceptors (Lipinski definition) is 5. The third kappa shape index (κ3) is 3.73. The van der Waals surface area contributed by atoms with Gasteiger partial charge in [-0.1, -0.05) is 6.42 Å². The van der Waals surface area contributed by atoms with E-state index in [4.69, 9.17) is 9.47 Å². The van der Waals surface area contributed by atoms with E-state index in [1.165, 1.54) is 26.4 Å². The lowest BCUT2D eigenvalue weighted by atomic mass is 9.50.